The molecule has 0 unspecified atom stereocenters. The molecule has 0 amide bonds. The largest absolute Gasteiger partial charge is 0.312 e. The van der Waals surface area contributed by atoms with Crippen LogP contribution in [0.25, 0.3) is 0 Å². The van der Waals surface area contributed by atoms with Gasteiger partial charge in [0.15, 0.2) is 0 Å². The van der Waals surface area contributed by atoms with Gasteiger partial charge in [-0.1, -0.05) is 27.2 Å². The minimum atomic E-state index is 0.715. The molecule has 1 aromatic heterocycles. The van der Waals surface area contributed by atoms with E-state index in [1.54, 1.807) is 0 Å². The van der Waals surface area contributed by atoms with Gasteiger partial charge < -0.3 is 5.32 Å². The Kier molecular flexibility index (Phi) is 6.03. The van der Waals surface area contributed by atoms with Crippen molar-refractivity contribution in [1.82, 2.24) is 10.3 Å². The van der Waals surface area contributed by atoms with Crippen LogP contribution < -0.4 is 5.32 Å². The average Bonchev–Trinajstić information content (AvgIpc) is 2.80. The number of nitrogens with zero attached hydrogens (tertiary/aromatic N) is 1. The molecule has 2 rings (SSSR count). The summed E-state index contributed by atoms with van der Waals surface area (Å²) in [5.74, 6) is 2.42. The van der Waals surface area contributed by atoms with Gasteiger partial charge in [-0.2, -0.15) is 0 Å². The SMILES string of the molecule is CCC1CCC(c2nc(C)c(CNCC(C)C)s2)CC1. The van der Waals surface area contributed by atoms with Gasteiger partial charge in [-0.3, -0.25) is 0 Å². The second-order valence-corrected chi connectivity index (χ2v) is 7.83. The van der Waals surface area contributed by atoms with Crippen LogP contribution in [0, 0.1) is 18.8 Å². The Morgan fingerprint density at radius 1 is 1.25 bits per heavy atom. The summed E-state index contributed by atoms with van der Waals surface area (Å²) in [7, 11) is 0. The molecule has 1 aliphatic carbocycles. The summed E-state index contributed by atoms with van der Waals surface area (Å²) in [6.45, 7) is 11.1. The van der Waals surface area contributed by atoms with Crippen LogP contribution >= 0.6 is 11.3 Å². The summed E-state index contributed by atoms with van der Waals surface area (Å²) in [4.78, 5) is 6.30. The highest BCUT2D eigenvalue weighted by atomic mass is 32.1. The lowest BCUT2D eigenvalue weighted by Gasteiger charge is -2.26. The lowest BCUT2D eigenvalue weighted by atomic mass is 9.81. The lowest BCUT2D eigenvalue weighted by molar-refractivity contribution is 0.318. The summed E-state index contributed by atoms with van der Waals surface area (Å²) in [5.41, 5.74) is 1.25. The van der Waals surface area contributed by atoms with Crippen molar-refractivity contribution in [2.24, 2.45) is 11.8 Å². The molecule has 0 bridgehead atoms. The Morgan fingerprint density at radius 3 is 2.55 bits per heavy atom. The van der Waals surface area contributed by atoms with Crippen molar-refractivity contribution in [1.29, 1.82) is 0 Å². The third kappa shape index (κ3) is 4.29. The van der Waals surface area contributed by atoms with Gasteiger partial charge in [0.1, 0.15) is 0 Å². The van der Waals surface area contributed by atoms with Gasteiger partial charge in [0.25, 0.3) is 0 Å². The monoisotopic (exact) mass is 294 g/mol. The number of thiazole rings is 1. The molecule has 0 aliphatic heterocycles. The molecule has 1 aliphatic rings. The van der Waals surface area contributed by atoms with E-state index in [1.165, 1.54) is 47.7 Å². The molecular formula is C17H30N2S. The van der Waals surface area contributed by atoms with Crippen LogP contribution in [-0.2, 0) is 6.54 Å². The van der Waals surface area contributed by atoms with Crippen LogP contribution in [-0.4, -0.2) is 11.5 Å². The van der Waals surface area contributed by atoms with E-state index < -0.39 is 0 Å². The van der Waals surface area contributed by atoms with Gasteiger partial charge in [0.05, 0.1) is 10.7 Å². The Morgan fingerprint density at radius 2 is 1.95 bits per heavy atom. The molecule has 114 valence electrons. The summed E-state index contributed by atoms with van der Waals surface area (Å²) < 4.78 is 0. The Bertz CT molecular complexity index is 403. The third-order valence-electron chi connectivity index (χ3n) is 4.52. The zero-order valence-electron chi connectivity index (χ0n) is 13.5. The van der Waals surface area contributed by atoms with E-state index in [2.05, 4.69) is 33.0 Å². The fourth-order valence-corrected chi connectivity index (χ4v) is 4.29. The molecule has 1 saturated carbocycles. The maximum absolute atomic E-state index is 4.86. The minimum absolute atomic E-state index is 0.715. The van der Waals surface area contributed by atoms with E-state index in [-0.39, 0.29) is 0 Å². The smallest absolute Gasteiger partial charge is 0.0962 e. The van der Waals surface area contributed by atoms with Gasteiger partial charge in [0.2, 0.25) is 0 Å². The second kappa shape index (κ2) is 7.56. The summed E-state index contributed by atoms with van der Waals surface area (Å²) in [6.07, 6.45) is 6.87. The molecule has 0 aromatic carbocycles. The zero-order chi connectivity index (χ0) is 14.5. The van der Waals surface area contributed by atoms with E-state index in [0.717, 1.165) is 24.9 Å². The maximum Gasteiger partial charge on any atom is 0.0962 e. The number of aromatic nitrogens is 1. The molecule has 1 heterocycles. The van der Waals surface area contributed by atoms with Gasteiger partial charge in [-0.25, -0.2) is 4.98 Å². The summed E-state index contributed by atoms with van der Waals surface area (Å²) >= 11 is 1.95. The molecule has 1 fully saturated rings. The highest BCUT2D eigenvalue weighted by Crippen LogP contribution is 2.39. The molecule has 0 saturated heterocycles. The molecule has 20 heavy (non-hydrogen) atoms. The van der Waals surface area contributed by atoms with E-state index in [0.29, 0.717) is 5.92 Å². The van der Waals surface area contributed by atoms with Crippen molar-refractivity contribution >= 4 is 11.3 Å². The van der Waals surface area contributed by atoms with Crippen LogP contribution in [0.1, 0.15) is 74.4 Å². The number of hydrogen-bond donors (Lipinski definition) is 1. The van der Waals surface area contributed by atoms with E-state index in [1.807, 2.05) is 11.3 Å². The van der Waals surface area contributed by atoms with Crippen molar-refractivity contribution < 1.29 is 0 Å². The van der Waals surface area contributed by atoms with Crippen molar-refractivity contribution in [2.45, 2.75) is 72.3 Å². The first-order valence-electron chi connectivity index (χ1n) is 8.27. The Balaban J connectivity index is 1.90. The van der Waals surface area contributed by atoms with Crippen molar-refractivity contribution in [3.8, 4) is 0 Å². The first-order valence-corrected chi connectivity index (χ1v) is 9.08. The highest BCUT2D eigenvalue weighted by molar-refractivity contribution is 7.11. The van der Waals surface area contributed by atoms with Crippen LogP contribution in [0.4, 0.5) is 0 Å². The highest BCUT2D eigenvalue weighted by Gasteiger charge is 2.24. The lowest BCUT2D eigenvalue weighted by Crippen LogP contribution is -2.18. The van der Waals surface area contributed by atoms with Crippen LogP contribution in [0.3, 0.4) is 0 Å². The van der Waals surface area contributed by atoms with E-state index >= 15 is 0 Å². The van der Waals surface area contributed by atoms with E-state index in [9.17, 15) is 0 Å². The predicted octanol–water partition coefficient (Wildman–Crippen LogP) is 4.88. The molecular weight excluding hydrogens is 264 g/mol. The molecule has 2 nitrogen and oxygen atoms in total. The number of rotatable bonds is 6. The molecule has 1 aromatic rings. The molecule has 3 heteroatoms. The number of nitrogens with one attached hydrogen (secondary N) is 1. The molecule has 0 radical (unpaired) electrons. The molecule has 1 N–H and O–H groups in total. The van der Waals surface area contributed by atoms with Gasteiger partial charge in [-0.15, -0.1) is 11.3 Å². The van der Waals surface area contributed by atoms with Gasteiger partial charge in [0, 0.05) is 17.3 Å². The summed E-state index contributed by atoms with van der Waals surface area (Å²) in [6, 6.07) is 0. The first kappa shape index (κ1) is 16.0. The summed E-state index contributed by atoms with van der Waals surface area (Å²) in [5, 5.41) is 4.95. The number of aryl methyl sites for hydroxylation is 1. The third-order valence-corrected chi connectivity index (χ3v) is 5.84. The van der Waals surface area contributed by atoms with E-state index in [4.69, 9.17) is 4.98 Å². The fraction of sp³-hybridized carbons (Fsp3) is 0.824. The predicted molar refractivity (Wildman–Crippen MR) is 88.4 cm³/mol. The Hall–Kier alpha value is -0.410. The standard InChI is InChI=1S/C17H30N2S/c1-5-14-6-8-15(9-7-14)17-19-13(4)16(20-17)11-18-10-12(2)3/h12,14-15,18H,5-11H2,1-4H3. The maximum atomic E-state index is 4.86. The van der Waals surface area contributed by atoms with Crippen LogP contribution in [0.5, 0.6) is 0 Å². The van der Waals surface area contributed by atoms with Crippen molar-refractivity contribution in [2.75, 3.05) is 6.54 Å². The molecule has 0 spiro atoms. The van der Waals surface area contributed by atoms with Crippen molar-refractivity contribution in [3.63, 3.8) is 0 Å². The van der Waals surface area contributed by atoms with Gasteiger partial charge in [-0.05, 0) is 51.0 Å². The quantitative estimate of drug-likeness (QED) is 0.808. The first-order chi connectivity index (χ1) is 9.60. The zero-order valence-corrected chi connectivity index (χ0v) is 14.4. The van der Waals surface area contributed by atoms with Crippen molar-refractivity contribution in [3.05, 3.63) is 15.6 Å². The fourth-order valence-electron chi connectivity index (χ4n) is 3.08. The second-order valence-electron chi connectivity index (χ2n) is 6.71. The molecule has 0 atom stereocenters. The Labute approximate surface area is 128 Å². The number of hydrogen-bond acceptors (Lipinski definition) is 3. The van der Waals surface area contributed by atoms with Gasteiger partial charge >= 0.3 is 0 Å². The van der Waals surface area contributed by atoms with Crippen LogP contribution in [0.2, 0.25) is 0 Å². The average molecular weight is 295 g/mol. The topological polar surface area (TPSA) is 24.9 Å². The van der Waals surface area contributed by atoms with Crippen LogP contribution in [0.15, 0.2) is 0 Å². The minimum Gasteiger partial charge on any atom is -0.312 e. The normalized spacial score (nSPS) is 23.4.